The first-order chi connectivity index (χ1) is 13.2. The average molecular weight is 367 g/mol. The van der Waals surface area contributed by atoms with E-state index in [0.29, 0.717) is 39.2 Å². The molecule has 2 N–H and O–H groups in total. The van der Waals surface area contributed by atoms with Gasteiger partial charge in [0.05, 0.1) is 12.2 Å². The van der Waals surface area contributed by atoms with E-state index in [1.54, 1.807) is 0 Å². The summed E-state index contributed by atoms with van der Waals surface area (Å²) in [5, 5.41) is 13.1. The van der Waals surface area contributed by atoms with Crippen LogP contribution in [0.2, 0.25) is 0 Å². The molecule has 1 unspecified atom stereocenters. The maximum absolute atomic E-state index is 12.1. The van der Waals surface area contributed by atoms with Crippen molar-refractivity contribution in [1.82, 2.24) is 5.32 Å². The molecular formula is C22H25NO4. The minimum absolute atomic E-state index is 0.0547. The Morgan fingerprint density at radius 1 is 1.15 bits per heavy atom. The second-order valence-electron chi connectivity index (χ2n) is 7.38. The summed E-state index contributed by atoms with van der Waals surface area (Å²) in [6.07, 6.45) is 1.58. The number of aliphatic hydroxyl groups is 1. The fourth-order valence-electron chi connectivity index (χ4n) is 4.08. The molecule has 2 aliphatic rings. The third-order valence-corrected chi connectivity index (χ3v) is 5.50. The Bertz CT molecular complexity index is 768. The van der Waals surface area contributed by atoms with Crippen LogP contribution in [-0.4, -0.2) is 43.2 Å². The summed E-state index contributed by atoms with van der Waals surface area (Å²) in [6.45, 7) is 1.70. The summed E-state index contributed by atoms with van der Waals surface area (Å²) in [6, 6.07) is 16.5. The lowest BCUT2D eigenvalue weighted by Gasteiger charge is -2.31. The molecule has 2 aromatic carbocycles. The molecule has 0 aromatic heterocycles. The zero-order valence-electron chi connectivity index (χ0n) is 15.3. The summed E-state index contributed by atoms with van der Waals surface area (Å²) in [7, 11) is 0. The van der Waals surface area contributed by atoms with Crippen molar-refractivity contribution in [1.29, 1.82) is 0 Å². The topological polar surface area (TPSA) is 67.8 Å². The standard InChI is InChI=1S/C22H25NO4/c24-21(23-12-11-22(25)10-5-13-26-15-22)27-14-20-18-8-3-1-6-16(18)17-7-2-4-9-19(17)20/h1-4,6-9,20,25H,5,10-15H2,(H,23,24). The smallest absolute Gasteiger partial charge is 0.407 e. The lowest BCUT2D eigenvalue weighted by atomic mass is 9.93. The van der Waals surface area contributed by atoms with Crippen molar-refractivity contribution in [2.24, 2.45) is 0 Å². The van der Waals surface area contributed by atoms with Gasteiger partial charge in [-0.1, -0.05) is 48.5 Å². The molecule has 1 aliphatic carbocycles. The van der Waals surface area contributed by atoms with E-state index in [4.69, 9.17) is 9.47 Å². The summed E-state index contributed by atoms with van der Waals surface area (Å²) >= 11 is 0. The molecule has 0 saturated carbocycles. The molecular weight excluding hydrogens is 342 g/mol. The molecule has 0 radical (unpaired) electrons. The number of ether oxygens (including phenoxy) is 2. The highest BCUT2D eigenvalue weighted by molar-refractivity contribution is 5.79. The van der Waals surface area contributed by atoms with Crippen LogP contribution in [0, 0.1) is 0 Å². The van der Waals surface area contributed by atoms with E-state index < -0.39 is 11.7 Å². The molecule has 1 fully saturated rings. The van der Waals surface area contributed by atoms with E-state index in [0.717, 1.165) is 6.42 Å². The molecule has 4 rings (SSSR count). The molecule has 0 spiro atoms. The van der Waals surface area contributed by atoms with Gasteiger partial charge in [0.15, 0.2) is 0 Å². The predicted molar refractivity (Wildman–Crippen MR) is 103 cm³/mol. The average Bonchev–Trinajstić information content (AvgIpc) is 3.01. The van der Waals surface area contributed by atoms with Crippen molar-refractivity contribution in [3.05, 3.63) is 59.7 Å². The highest BCUT2D eigenvalue weighted by Gasteiger charge is 2.31. The molecule has 1 amide bonds. The first-order valence-corrected chi connectivity index (χ1v) is 9.55. The highest BCUT2D eigenvalue weighted by atomic mass is 16.5. The Labute approximate surface area is 159 Å². The van der Waals surface area contributed by atoms with Crippen LogP contribution in [0.15, 0.2) is 48.5 Å². The number of carbonyl (C=O) groups excluding carboxylic acids is 1. The Morgan fingerprint density at radius 2 is 1.81 bits per heavy atom. The van der Waals surface area contributed by atoms with Crippen LogP contribution < -0.4 is 5.32 Å². The van der Waals surface area contributed by atoms with E-state index in [2.05, 4.69) is 29.6 Å². The molecule has 5 nitrogen and oxygen atoms in total. The van der Waals surface area contributed by atoms with Gasteiger partial charge in [-0.2, -0.15) is 0 Å². The number of rotatable bonds is 5. The zero-order chi connectivity index (χ0) is 18.7. The summed E-state index contributed by atoms with van der Waals surface area (Å²) in [5.41, 5.74) is 3.97. The van der Waals surface area contributed by atoms with Gasteiger partial charge in [0.25, 0.3) is 0 Å². The highest BCUT2D eigenvalue weighted by Crippen LogP contribution is 2.44. The number of benzene rings is 2. The molecule has 27 heavy (non-hydrogen) atoms. The van der Waals surface area contributed by atoms with Crippen LogP contribution in [0.5, 0.6) is 0 Å². The van der Waals surface area contributed by atoms with Crippen molar-refractivity contribution >= 4 is 6.09 Å². The third-order valence-electron chi connectivity index (χ3n) is 5.50. The minimum atomic E-state index is -0.838. The van der Waals surface area contributed by atoms with Crippen molar-refractivity contribution < 1.29 is 19.4 Å². The van der Waals surface area contributed by atoms with E-state index in [-0.39, 0.29) is 5.92 Å². The van der Waals surface area contributed by atoms with E-state index in [1.165, 1.54) is 22.3 Å². The molecule has 5 heteroatoms. The van der Waals surface area contributed by atoms with Gasteiger partial charge in [-0.25, -0.2) is 4.79 Å². The molecule has 1 saturated heterocycles. The number of amides is 1. The van der Waals surface area contributed by atoms with E-state index >= 15 is 0 Å². The van der Waals surface area contributed by atoms with Gasteiger partial charge in [-0.3, -0.25) is 0 Å². The second-order valence-corrected chi connectivity index (χ2v) is 7.38. The SMILES string of the molecule is O=C(NCCC1(O)CCCOC1)OCC1c2ccccc2-c2ccccc21. The number of alkyl carbamates (subject to hydrolysis) is 1. The van der Waals surface area contributed by atoms with Crippen LogP contribution in [0.1, 0.15) is 36.3 Å². The maximum atomic E-state index is 12.1. The third kappa shape index (κ3) is 3.84. The number of hydrogen-bond donors (Lipinski definition) is 2. The van der Waals surface area contributed by atoms with Crippen molar-refractivity contribution in [2.75, 3.05) is 26.4 Å². The number of hydrogen-bond acceptors (Lipinski definition) is 4. The Hall–Kier alpha value is -2.37. The van der Waals surface area contributed by atoms with Gasteiger partial charge >= 0.3 is 6.09 Å². The molecule has 1 aliphatic heterocycles. The van der Waals surface area contributed by atoms with Crippen LogP contribution in [0.4, 0.5) is 4.79 Å². The number of fused-ring (bicyclic) bond motifs is 3. The van der Waals surface area contributed by atoms with Gasteiger partial charge in [0.2, 0.25) is 0 Å². The zero-order valence-corrected chi connectivity index (χ0v) is 15.3. The predicted octanol–water partition coefficient (Wildman–Crippen LogP) is 3.46. The van der Waals surface area contributed by atoms with Crippen LogP contribution in [0.25, 0.3) is 11.1 Å². The number of nitrogens with one attached hydrogen (secondary N) is 1. The monoisotopic (exact) mass is 367 g/mol. The molecule has 0 bridgehead atoms. The van der Waals surface area contributed by atoms with E-state index in [9.17, 15) is 9.90 Å². The van der Waals surface area contributed by atoms with Crippen LogP contribution >= 0.6 is 0 Å². The Kier molecular flexibility index (Phi) is 5.14. The van der Waals surface area contributed by atoms with Gasteiger partial charge in [0.1, 0.15) is 6.61 Å². The lowest BCUT2D eigenvalue weighted by molar-refractivity contribution is -0.0888. The van der Waals surface area contributed by atoms with E-state index in [1.807, 2.05) is 24.3 Å². The van der Waals surface area contributed by atoms with Crippen molar-refractivity contribution in [3.8, 4) is 11.1 Å². The van der Waals surface area contributed by atoms with Gasteiger partial charge in [-0.15, -0.1) is 0 Å². The fourth-order valence-corrected chi connectivity index (χ4v) is 4.08. The Morgan fingerprint density at radius 3 is 2.44 bits per heavy atom. The fraction of sp³-hybridized carbons (Fsp3) is 0.409. The van der Waals surface area contributed by atoms with Crippen molar-refractivity contribution in [3.63, 3.8) is 0 Å². The minimum Gasteiger partial charge on any atom is -0.449 e. The second kappa shape index (κ2) is 7.71. The normalized spacial score (nSPS) is 21.4. The van der Waals surface area contributed by atoms with Crippen LogP contribution in [-0.2, 0) is 9.47 Å². The first-order valence-electron chi connectivity index (χ1n) is 9.55. The Balaban J connectivity index is 1.33. The summed E-state index contributed by atoms with van der Waals surface area (Å²) < 4.78 is 10.8. The van der Waals surface area contributed by atoms with Crippen LogP contribution in [0.3, 0.4) is 0 Å². The maximum Gasteiger partial charge on any atom is 0.407 e. The van der Waals surface area contributed by atoms with Gasteiger partial charge in [-0.05, 0) is 41.5 Å². The molecule has 1 atom stereocenters. The first kappa shape index (κ1) is 18.0. The van der Waals surface area contributed by atoms with Gasteiger partial charge < -0.3 is 19.9 Å². The molecule has 2 aromatic rings. The van der Waals surface area contributed by atoms with Crippen molar-refractivity contribution in [2.45, 2.75) is 30.8 Å². The number of carbonyl (C=O) groups is 1. The molecule has 142 valence electrons. The summed E-state index contributed by atoms with van der Waals surface area (Å²) in [5.74, 6) is 0.0547. The largest absolute Gasteiger partial charge is 0.449 e. The van der Waals surface area contributed by atoms with Gasteiger partial charge in [0, 0.05) is 19.1 Å². The molecule has 1 heterocycles. The lowest BCUT2D eigenvalue weighted by Crippen LogP contribution is -2.42. The summed E-state index contributed by atoms with van der Waals surface area (Å²) in [4.78, 5) is 12.1. The quantitative estimate of drug-likeness (QED) is 0.849.